The zero-order valence-electron chi connectivity index (χ0n) is 20.0. The fourth-order valence-electron chi connectivity index (χ4n) is 6.33. The van der Waals surface area contributed by atoms with Gasteiger partial charge in [0.25, 0.3) is 0 Å². The van der Waals surface area contributed by atoms with Gasteiger partial charge < -0.3 is 14.4 Å². The number of hydrogen-bond acceptors (Lipinski definition) is 6. The fraction of sp³-hybridized carbons (Fsp3) is 0.233. The molecule has 1 aliphatic carbocycles. The van der Waals surface area contributed by atoms with Crippen molar-refractivity contribution in [3.63, 3.8) is 0 Å². The maximum Gasteiger partial charge on any atom is 0.329 e. The third-order valence-electron chi connectivity index (χ3n) is 7.69. The first-order valence-electron chi connectivity index (χ1n) is 12.1. The zero-order chi connectivity index (χ0) is 25.0. The van der Waals surface area contributed by atoms with Crippen LogP contribution < -0.4 is 9.64 Å². The van der Waals surface area contributed by atoms with Crippen LogP contribution in [-0.2, 0) is 9.53 Å². The van der Waals surface area contributed by atoms with Crippen molar-refractivity contribution in [2.24, 2.45) is 5.41 Å². The predicted octanol–water partition coefficient (Wildman–Crippen LogP) is 4.69. The van der Waals surface area contributed by atoms with Gasteiger partial charge in [0.15, 0.2) is 11.6 Å². The zero-order valence-corrected chi connectivity index (χ0v) is 20.0. The predicted molar refractivity (Wildman–Crippen MR) is 135 cm³/mol. The normalized spacial score (nSPS) is 22.8. The van der Waals surface area contributed by atoms with Crippen LogP contribution in [0.5, 0.6) is 5.75 Å². The Bertz CT molecular complexity index is 1410. The van der Waals surface area contributed by atoms with Crippen molar-refractivity contribution < 1.29 is 23.9 Å². The lowest BCUT2D eigenvalue weighted by Crippen LogP contribution is -2.48. The Morgan fingerprint density at radius 1 is 0.944 bits per heavy atom. The van der Waals surface area contributed by atoms with E-state index in [1.165, 1.54) is 0 Å². The highest BCUT2D eigenvalue weighted by Crippen LogP contribution is 2.60. The van der Waals surface area contributed by atoms with Crippen molar-refractivity contribution in [1.29, 1.82) is 0 Å². The van der Waals surface area contributed by atoms with Gasteiger partial charge in [-0.05, 0) is 36.2 Å². The summed E-state index contributed by atoms with van der Waals surface area (Å²) in [6, 6.07) is 20.4. The number of carbonyl (C=O) groups excluding carboxylic acids is 3. The van der Waals surface area contributed by atoms with E-state index in [4.69, 9.17) is 9.47 Å². The number of Topliss-reactive ketones (excluding diaryl/α,β-unsaturated/α-hetero) is 2. The van der Waals surface area contributed by atoms with E-state index < -0.39 is 29.4 Å². The number of esters is 1. The first-order chi connectivity index (χ1) is 17.5. The van der Waals surface area contributed by atoms with E-state index in [9.17, 15) is 14.4 Å². The van der Waals surface area contributed by atoms with Crippen LogP contribution in [0.2, 0.25) is 0 Å². The molecule has 3 atom stereocenters. The molecule has 3 aromatic rings. The third kappa shape index (κ3) is 2.81. The Labute approximate surface area is 209 Å². The molecule has 1 spiro atoms. The van der Waals surface area contributed by atoms with Crippen LogP contribution in [0.3, 0.4) is 0 Å². The maximum atomic E-state index is 14.4. The number of rotatable bonds is 4. The van der Waals surface area contributed by atoms with Gasteiger partial charge in [-0.3, -0.25) is 9.59 Å². The van der Waals surface area contributed by atoms with Crippen LogP contribution in [0.15, 0.2) is 78.9 Å². The number of nitrogens with zero attached hydrogens (tertiary/aromatic N) is 1. The minimum atomic E-state index is -1.53. The number of para-hydroxylation sites is 1. The standard InChI is InChI=1S/C30H25NO5/c1-3-36-29(34)26-25(19-10-8-11-20(17-19)35-2)30(27(32)21-12-5-6-13-22(21)28(30)33)24-16-15-18-9-4-7-14-23(18)31(24)26/h4-17,24-26H,3H2,1-2H3/t24-,25+,26-/m0/s1. The van der Waals surface area contributed by atoms with Gasteiger partial charge in [0.05, 0.1) is 19.8 Å². The van der Waals surface area contributed by atoms with Gasteiger partial charge in [0.1, 0.15) is 17.2 Å². The molecule has 1 fully saturated rings. The van der Waals surface area contributed by atoms with Gasteiger partial charge in [-0.15, -0.1) is 0 Å². The first-order valence-corrected chi connectivity index (χ1v) is 12.1. The van der Waals surface area contributed by atoms with Crippen LogP contribution in [0.4, 0.5) is 5.69 Å². The number of ether oxygens (including phenoxy) is 2. The number of methoxy groups -OCH3 is 1. The minimum Gasteiger partial charge on any atom is -0.497 e. The van der Waals surface area contributed by atoms with E-state index in [-0.39, 0.29) is 18.2 Å². The van der Waals surface area contributed by atoms with Crippen molar-refractivity contribution in [2.75, 3.05) is 18.6 Å². The topological polar surface area (TPSA) is 72.9 Å². The number of fused-ring (bicyclic) bond motifs is 5. The van der Waals surface area contributed by atoms with Crippen LogP contribution in [-0.4, -0.2) is 43.3 Å². The second-order valence-corrected chi connectivity index (χ2v) is 9.29. The Morgan fingerprint density at radius 2 is 1.64 bits per heavy atom. The third-order valence-corrected chi connectivity index (χ3v) is 7.69. The molecule has 2 aliphatic heterocycles. The monoisotopic (exact) mass is 479 g/mol. The molecule has 6 rings (SSSR count). The second-order valence-electron chi connectivity index (χ2n) is 9.29. The van der Waals surface area contributed by atoms with E-state index in [0.29, 0.717) is 22.4 Å². The molecule has 0 N–H and O–H groups in total. The summed E-state index contributed by atoms with van der Waals surface area (Å²) in [4.78, 5) is 44.5. The van der Waals surface area contributed by atoms with Crippen molar-refractivity contribution >= 4 is 29.3 Å². The second kappa shape index (κ2) is 8.19. The lowest BCUT2D eigenvalue weighted by molar-refractivity contribution is -0.145. The van der Waals surface area contributed by atoms with E-state index in [1.807, 2.05) is 59.5 Å². The molecular weight excluding hydrogens is 454 g/mol. The summed E-state index contributed by atoms with van der Waals surface area (Å²) >= 11 is 0. The molecule has 0 aromatic heterocycles. The van der Waals surface area contributed by atoms with Gasteiger partial charge in [-0.25, -0.2) is 4.79 Å². The Balaban J connectivity index is 1.68. The molecule has 0 saturated carbocycles. The average molecular weight is 480 g/mol. The van der Waals surface area contributed by atoms with Gasteiger partial charge in [0, 0.05) is 22.7 Å². The van der Waals surface area contributed by atoms with E-state index >= 15 is 0 Å². The van der Waals surface area contributed by atoms with Gasteiger partial charge >= 0.3 is 5.97 Å². The molecule has 0 bridgehead atoms. The summed E-state index contributed by atoms with van der Waals surface area (Å²) in [7, 11) is 1.57. The highest BCUT2D eigenvalue weighted by Gasteiger charge is 2.72. The summed E-state index contributed by atoms with van der Waals surface area (Å²) < 4.78 is 11.1. The molecule has 0 radical (unpaired) electrons. The summed E-state index contributed by atoms with van der Waals surface area (Å²) in [5.74, 6) is -1.20. The maximum absolute atomic E-state index is 14.4. The molecule has 6 heteroatoms. The molecule has 36 heavy (non-hydrogen) atoms. The van der Waals surface area contributed by atoms with Gasteiger partial charge in [-0.2, -0.15) is 0 Å². The van der Waals surface area contributed by atoms with Crippen molar-refractivity contribution in [1.82, 2.24) is 0 Å². The van der Waals surface area contributed by atoms with Gasteiger partial charge in [0.2, 0.25) is 0 Å². The minimum absolute atomic E-state index is 0.186. The summed E-state index contributed by atoms with van der Waals surface area (Å²) in [6.45, 7) is 1.94. The molecule has 3 aromatic carbocycles. The number of benzene rings is 3. The smallest absolute Gasteiger partial charge is 0.329 e. The molecular formula is C30H25NO5. The Kier molecular flexibility index (Phi) is 5.07. The van der Waals surface area contributed by atoms with Crippen molar-refractivity contribution in [2.45, 2.75) is 24.9 Å². The highest BCUT2D eigenvalue weighted by atomic mass is 16.5. The van der Waals surface area contributed by atoms with Crippen molar-refractivity contribution in [3.05, 3.63) is 101 Å². The molecule has 0 amide bonds. The number of anilines is 1. The highest BCUT2D eigenvalue weighted by molar-refractivity contribution is 6.32. The first kappa shape index (κ1) is 22.3. The summed E-state index contributed by atoms with van der Waals surface area (Å²) in [6.07, 6.45) is 3.84. The van der Waals surface area contributed by atoms with Crippen LogP contribution in [0.25, 0.3) is 6.08 Å². The number of ketones is 2. The molecule has 1 saturated heterocycles. The van der Waals surface area contributed by atoms with E-state index in [1.54, 1.807) is 44.4 Å². The molecule has 6 nitrogen and oxygen atoms in total. The average Bonchev–Trinajstić information content (AvgIpc) is 3.35. The summed E-state index contributed by atoms with van der Waals surface area (Å²) in [5, 5.41) is 0. The van der Waals surface area contributed by atoms with Crippen molar-refractivity contribution in [3.8, 4) is 5.75 Å². The number of carbonyl (C=O) groups is 3. The quantitative estimate of drug-likeness (QED) is 0.399. The number of hydrogen-bond donors (Lipinski definition) is 0. The molecule has 0 unspecified atom stereocenters. The van der Waals surface area contributed by atoms with E-state index in [2.05, 4.69) is 0 Å². The Hall–Kier alpha value is -4.19. The van der Waals surface area contributed by atoms with Crippen LogP contribution in [0, 0.1) is 5.41 Å². The Morgan fingerprint density at radius 3 is 2.33 bits per heavy atom. The SMILES string of the molecule is CCOC(=O)[C@@H]1[C@@H](c2cccc(OC)c2)C2(C(=O)c3ccccc3C2=O)[C@@H]2C=Cc3ccccc3N12. The fourth-order valence-corrected chi connectivity index (χ4v) is 6.33. The van der Waals surface area contributed by atoms with Gasteiger partial charge in [-0.1, -0.05) is 66.7 Å². The molecule has 180 valence electrons. The van der Waals surface area contributed by atoms with Crippen LogP contribution in [0.1, 0.15) is 44.7 Å². The van der Waals surface area contributed by atoms with E-state index in [0.717, 1.165) is 11.3 Å². The largest absolute Gasteiger partial charge is 0.497 e. The molecule has 2 heterocycles. The van der Waals surface area contributed by atoms with Crippen LogP contribution >= 0.6 is 0 Å². The lowest BCUT2D eigenvalue weighted by Gasteiger charge is -2.36. The molecule has 3 aliphatic rings. The lowest BCUT2D eigenvalue weighted by atomic mass is 9.64. The summed E-state index contributed by atoms with van der Waals surface area (Å²) in [5.41, 5.74) is 1.66.